The molecule has 0 saturated carbocycles. The molecule has 1 N–H and O–H groups in total. The second kappa shape index (κ2) is 4.96. The van der Waals surface area contributed by atoms with E-state index in [4.69, 9.17) is 0 Å². The van der Waals surface area contributed by atoms with Crippen LogP contribution < -0.4 is 0 Å². The molecule has 6 heteroatoms. The maximum absolute atomic E-state index is 11.4. The summed E-state index contributed by atoms with van der Waals surface area (Å²) in [6, 6.07) is 7.78. The first-order valence-corrected chi connectivity index (χ1v) is 8.31. The molecule has 0 atom stereocenters. The topological polar surface area (TPSA) is 50.2 Å². The van der Waals surface area contributed by atoms with Gasteiger partial charge < -0.3 is 5.11 Å². The van der Waals surface area contributed by atoms with Crippen molar-refractivity contribution >= 4 is 50.6 Å². The standard InChI is InChI=1S/C13H9NO2S3/c1-17-9-5-4-8(18-9)10-7-3-2-6-14-12(7)19-11(10)13(15)16/h2-6H,1H3,(H,15,16). The summed E-state index contributed by atoms with van der Waals surface area (Å²) in [5.41, 5.74) is 0.797. The van der Waals surface area contributed by atoms with E-state index in [2.05, 4.69) is 4.98 Å². The van der Waals surface area contributed by atoms with Crippen molar-refractivity contribution in [3.8, 4) is 10.4 Å². The summed E-state index contributed by atoms with van der Waals surface area (Å²) >= 11 is 4.51. The smallest absolute Gasteiger partial charge is 0.346 e. The van der Waals surface area contributed by atoms with E-state index in [1.165, 1.54) is 15.5 Å². The number of aromatic nitrogens is 1. The van der Waals surface area contributed by atoms with E-state index in [9.17, 15) is 9.90 Å². The predicted molar refractivity (Wildman–Crippen MR) is 81.7 cm³/mol. The van der Waals surface area contributed by atoms with Gasteiger partial charge in [-0.1, -0.05) is 0 Å². The van der Waals surface area contributed by atoms with E-state index in [1.54, 1.807) is 29.3 Å². The number of carbonyl (C=O) groups is 1. The minimum absolute atomic E-state index is 0.364. The number of carboxylic acid groups (broad SMARTS) is 1. The van der Waals surface area contributed by atoms with Crippen LogP contribution in [0.1, 0.15) is 9.67 Å². The Balaban J connectivity index is 2.30. The van der Waals surface area contributed by atoms with Gasteiger partial charge in [0.25, 0.3) is 0 Å². The lowest BCUT2D eigenvalue weighted by Crippen LogP contribution is -1.93. The molecule has 0 radical (unpaired) electrons. The minimum Gasteiger partial charge on any atom is -0.477 e. The lowest BCUT2D eigenvalue weighted by molar-refractivity contribution is 0.0703. The summed E-state index contributed by atoms with van der Waals surface area (Å²) in [5.74, 6) is -0.892. The molecule has 0 aliphatic carbocycles. The van der Waals surface area contributed by atoms with E-state index >= 15 is 0 Å². The van der Waals surface area contributed by atoms with Gasteiger partial charge in [0.05, 0.1) is 4.21 Å². The average Bonchev–Trinajstić information content (AvgIpc) is 3.02. The fraction of sp³-hybridized carbons (Fsp3) is 0.0769. The molecule has 3 heterocycles. The van der Waals surface area contributed by atoms with E-state index in [-0.39, 0.29) is 0 Å². The molecule has 0 amide bonds. The fourth-order valence-corrected chi connectivity index (χ4v) is 4.56. The molecule has 19 heavy (non-hydrogen) atoms. The zero-order chi connectivity index (χ0) is 13.4. The third-order valence-electron chi connectivity index (χ3n) is 2.69. The number of nitrogens with zero attached hydrogens (tertiary/aromatic N) is 1. The third-order valence-corrected chi connectivity index (χ3v) is 5.98. The van der Waals surface area contributed by atoms with Gasteiger partial charge in [0, 0.05) is 22.0 Å². The first-order valence-electron chi connectivity index (χ1n) is 5.45. The van der Waals surface area contributed by atoms with Gasteiger partial charge >= 0.3 is 5.97 Å². The molecule has 0 unspecified atom stereocenters. The monoisotopic (exact) mass is 307 g/mol. The van der Waals surface area contributed by atoms with Crippen molar-refractivity contribution in [3.63, 3.8) is 0 Å². The third kappa shape index (κ3) is 2.16. The van der Waals surface area contributed by atoms with Crippen LogP contribution in [0.15, 0.2) is 34.7 Å². The summed E-state index contributed by atoms with van der Waals surface area (Å²) in [6.07, 6.45) is 3.71. The molecule has 96 valence electrons. The first kappa shape index (κ1) is 12.7. The quantitative estimate of drug-likeness (QED) is 0.727. The Morgan fingerprint density at radius 1 is 1.32 bits per heavy atom. The SMILES string of the molecule is CSc1ccc(-c2c(C(=O)O)sc3ncccc23)s1. The van der Waals surface area contributed by atoms with Crippen molar-refractivity contribution < 1.29 is 9.90 Å². The Labute approximate surface area is 121 Å². The lowest BCUT2D eigenvalue weighted by Gasteiger charge is -1.97. The van der Waals surface area contributed by atoms with Gasteiger partial charge in [-0.3, -0.25) is 0 Å². The summed E-state index contributed by atoms with van der Waals surface area (Å²) in [4.78, 5) is 17.8. The molecule has 0 aliphatic heterocycles. The fourth-order valence-electron chi connectivity index (χ4n) is 1.89. The van der Waals surface area contributed by atoms with Gasteiger partial charge in [-0.05, 0) is 30.5 Å². The number of fused-ring (bicyclic) bond motifs is 1. The summed E-state index contributed by atoms with van der Waals surface area (Å²) in [5, 5.41) is 10.3. The van der Waals surface area contributed by atoms with Crippen LogP contribution in [0.3, 0.4) is 0 Å². The Hall–Kier alpha value is -1.37. The maximum atomic E-state index is 11.4. The predicted octanol–water partition coefficient (Wildman–Crippen LogP) is 4.44. The van der Waals surface area contributed by atoms with Crippen molar-refractivity contribution in [1.29, 1.82) is 0 Å². The molecule has 3 aromatic heterocycles. The number of thioether (sulfide) groups is 1. The molecule has 0 saturated heterocycles. The largest absolute Gasteiger partial charge is 0.477 e. The number of aromatic carboxylic acids is 1. The molecule has 0 fully saturated rings. The van der Waals surface area contributed by atoms with Crippen LogP contribution in [0, 0.1) is 0 Å². The van der Waals surface area contributed by atoms with Gasteiger partial charge in [-0.25, -0.2) is 9.78 Å². The number of thiophene rings is 2. The molecular weight excluding hydrogens is 298 g/mol. The average molecular weight is 307 g/mol. The lowest BCUT2D eigenvalue weighted by atomic mass is 10.1. The number of hydrogen-bond acceptors (Lipinski definition) is 5. The molecule has 3 nitrogen and oxygen atoms in total. The number of carboxylic acids is 1. The molecule has 0 aromatic carbocycles. The van der Waals surface area contributed by atoms with Gasteiger partial charge in [-0.2, -0.15) is 0 Å². The van der Waals surface area contributed by atoms with E-state index in [0.717, 1.165) is 20.7 Å². The zero-order valence-corrected chi connectivity index (χ0v) is 12.4. The van der Waals surface area contributed by atoms with Crippen LogP contribution >= 0.6 is 34.4 Å². The number of rotatable bonds is 3. The van der Waals surface area contributed by atoms with E-state index in [0.29, 0.717) is 4.88 Å². The van der Waals surface area contributed by atoms with Crippen molar-refractivity contribution in [2.24, 2.45) is 0 Å². The Kier molecular flexibility index (Phi) is 3.30. The first-order chi connectivity index (χ1) is 9.20. The maximum Gasteiger partial charge on any atom is 0.346 e. The van der Waals surface area contributed by atoms with Crippen LogP contribution in [0.2, 0.25) is 0 Å². The highest BCUT2D eigenvalue weighted by atomic mass is 32.2. The minimum atomic E-state index is -0.892. The van der Waals surface area contributed by atoms with Gasteiger partial charge in [0.2, 0.25) is 0 Å². The molecule has 0 spiro atoms. The van der Waals surface area contributed by atoms with E-state index in [1.807, 2.05) is 30.5 Å². The van der Waals surface area contributed by atoms with Crippen LogP contribution in [0.4, 0.5) is 0 Å². The Morgan fingerprint density at radius 3 is 2.84 bits per heavy atom. The highest BCUT2D eigenvalue weighted by molar-refractivity contribution is 8.00. The second-order valence-electron chi connectivity index (χ2n) is 3.79. The Bertz CT molecular complexity index is 760. The van der Waals surface area contributed by atoms with Crippen LogP contribution in [0.25, 0.3) is 20.7 Å². The molecule has 3 rings (SSSR count). The molecule has 3 aromatic rings. The van der Waals surface area contributed by atoms with Crippen molar-refractivity contribution in [2.75, 3.05) is 6.26 Å². The molecular formula is C13H9NO2S3. The molecule has 0 aliphatic rings. The van der Waals surface area contributed by atoms with Gasteiger partial charge in [-0.15, -0.1) is 34.4 Å². The summed E-state index contributed by atoms with van der Waals surface area (Å²) in [6.45, 7) is 0. The van der Waals surface area contributed by atoms with Crippen LogP contribution in [-0.4, -0.2) is 22.3 Å². The normalized spacial score (nSPS) is 11.0. The van der Waals surface area contributed by atoms with Gasteiger partial charge in [0.15, 0.2) is 0 Å². The van der Waals surface area contributed by atoms with Crippen LogP contribution in [-0.2, 0) is 0 Å². The Morgan fingerprint density at radius 2 is 2.16 bits per heavy atom. The molecule has 0 bridgehead atoms. The number of hydrogen-bond donors (Lipinski definition) is 1. The van der Waals surface area contributed by atoms with E-state index < -0.39 is 5.97 Å². The highest BCUT2D eigenvalue weighted by Gasteiger charge is 2.20. The number of pyridine rings is 1. The second-order valence-corrected chi connectivity index (χ2v) is 6.98. The highest BCUT2D eigenvalue weighted by Crippen LogP contribution is 2.42. The van der Waals surface area contributed by atoms with Crippen molar-refractivity contribution in [3.05, 3.63) is 35.3 Å². The van der Waals surface area contributed by atoms with Crippen molar-refractivity contribution in [1.82, 2.24) is 4.98 Å². The summed E-state index contributed by atoms with van der Waals surface area (Å²) in [7, 11) is 0. The van der Waals surface area contributed by atoms with Gasteiger partial charge in [0.1, 0.15) is 9.71 Å². The summed E-state index contributed by atoms with van der Waals surface area (Å²) < 4.78 is 1.18. The van der Waals surface area contributed by atoms with Crippen LogP contribution in [0.5, 0.6) is 0 Å². The zero-order valence-electron chi connectivity index (χ0n) is 9.91. The van der Waals surface area contributed by atoms with Crippen molar-refractivity contribution in [2.45, 2.75) is 4.21 Å².